The van der Waals surface area contributed by atoms with E-state index in [1.54, 1.807) is 12.3 Å². The minimum absolute atomic E-state index is 0.0101. The summed E-state index contributed by atoms with van der Waals surface area (Å²) in [6, 6.07) is 1.74. The number of pyridine rings is 1. The van der Waals surface area contributed by atoms with Gasteiger partial charge in [0.1, 0.15) is 5.69 Å². The number of aryl methyl sites for hydroxylation is 1. The Kier molecular flexibility index (Phi) is 4.57. The zero-order valence-electron chi connectivity index (χ0n) is 10.7. The number of nitrogens with one attached hydrogen (secondary N) is 1. The van der Waals surface area contributed by atoms with E-state index in [0.717, 1.165) is 12.1 Å². The van der Waals surface area contributed by atoms with Gasteiger partial charge in [-0.1, -0.05) is 13.8 Å². The molecule has 2 unspecified atom stereocenters. The van der Waals surface area contributed by atoms with Crippen LogP contribution in [0, 0.1) is 17.0 Å². The highest BCUT2D eigenvalue weighted by Gasteiger charge is 2.24. The van der Waals surface area contributed by atoms with E-state index < -0.39 is 0 Å². The van der Waals surface area contributed by atoms with Gasteiger partial charge in [-0.15, -0.1) is 0 Å². The highest BCUT2D eigenvalue weighted by atomic mass is 16.6. The molecule has 5 nitrogen and oxygen atoms in total. The lowest BCUT2D eigenvalue weighted by Crippen LogP contribution is -2.31. The summed E-state index contributed by atoms with van der Waals surface area (Å²) in [6.07, 6.45) is 1.68. The molecule has 0 saturated heterocycles. The maximum atomic E-state index is 11.0. The molecule has 1 aromatic rings. The summed E-state index contributed by atoms with van der Waals surface area (Å²) in [7, 11) is 0. The average molecular weight is 237 g/mol. The molecule has 1 N–H and O–H groups in total. The molecule has 1 heterocycles. The van der Waals surface area contributed by atoms with E-state index in [0.29, 0.717) is 5.69 Å². The van der Waals surface area contributed by atoms with Crippen molar-refractivity contribution < 1.29 is 4.92 Å². The summed E-state index contributed by atoms with van der Waals surface area (Å²) in [5.74, 6) is 0.0101. The SMILES string of the molecule is CCNC(C)C(C)c1ncc(C)cc1[N+](=O)[O-]. The third kappa shape index (κ3) is 3.23. The van der Waals surface area contributed by atoms with Crippen molar-refractivity contribution in [3.8, 4) is 0 Å². The minimum atomic E-state index is -0.357. The molecule has 0 radical (unpaired) electrons. The molecule has 17 heavy (non-hydrogen) atoms. The molecule has 0 aromatic carbocycles. The van der Waals surface area contributed by atoms with Crippen molar-refractivity contribution in [2.24, 2.45) is 0 Å². The van der Waals surface area contributed by atoms with E-state index in [-0.39, 0.29) is 22.6 Å². The van der Waals surface area contributed by atoms with Crippen molar-refractivity contribution in [2.75, 3.05) is 6.54 Å². The summed E-state index contributed by atoms with van der Waals surface area (Å²) in [5.41, 5.74) is 1.47. The van der Waals surface area contributed by atoms with Gasteiger partial charge >= 0.3 is 0 Å². The van der Waals surface area contributed by atoms with Gasteiger partial charge in [-0.05, 0) is 26.0 Å². The Morgan fingerprint density at radius 3 is 2.71 bits per heavy atom. The lowest BCUT2D eigenvalue weighted by molar-refractivity contribution is -0.386. The topological polar surface area (TPSA) is 68.1 Å². The first-order valence-corrected chi connectivity index (χ1v) is 5.81. The van der Waals surface area contributed by atoms with Crippen LogP contribution in [0.5, 0.6) is 0 Å². The first-order chi connectivity index (χ1) is 7.97. The van der Waals surface area contributed by atoms with Gasteiger partial charge in [0, 0.05) is 24.2 Å². The molecule has 2 atom stereocenters. The number of nitro groups is 1. The first kappa shape index (κ1) is 13.6. The highest BCUT2D eigenvalue weighted by Crippen LogP contribution is 2.27. The molecule has 5 heteroatoms. The predicted molar refractivity (Wildman–Crippen MR) is 67.2 cm³/mol. The highest BCUT2D eigenvalue weighted by molar-refractivity contribution is 5.40. The van der Waals surface area contributed by atoms with E-state index in [1.807, 2.05) is 27.7 Å². The molecule has 0 amide bonds. The molecule has 0 aliphatic rings. The van der Waals surface area contributed by atoms with Crippen LogP contribution in [-0.4, -0.2) is 22.5 Å². The fourth-order valence-corrected chi connectivity index (χ4v) is 1.80. The van der Waals surface area contributed by atoms with E-state index in [1.165, 1.54) is 0 Å². The Balaban J connectivity index is 3.08. The fraction of sp³-hybridized carbons (Fsp3) is 0.583. The molecule has 0 bridgehead atoms. The van der Waals surface area contributed by atoms with Gasteiger partial charge < -0.3 is 5.32 Å². The molecular formula is C12H19N3O2. The summed E-state index contributed by atoms with van der Waals surface area (Å²) in [5, 5.41) is 14.3. The molecule has 0 spiro atoms. The van der Waals surface area contributed by atoms with Crippen LogP contribution < -0.4 is 5.32 Å². The fourth-order valence-electron chi connectivity index (χ4n) is 1.80. The molecule has 1 aromatic heterocycles. The molecule has 0 fully saturated rings. The predicted octanol–water partition coefficient (Wildman–Crippen LogP) is 2.40. The van der Waals surface area contributed by atoms with Gasteiger partial charge in [0.2, 0.25) is 0 Å². The number of hydrogen-bond donors (Lipinski definition) is 1. The third-order valence-corrected chi connectivity index (χ3v) is 2.94. The van der Waals surface area contributed by atoms with Gasteiger partial charge in [-0.2, -0.15) is 0 Å². The number of rotatable bonds is 5. The van der Waals surface area contributed by atoms with Crippen LogP contribution in [0.25, 0.3) is 0 Å². The van der Waals surface area contributed by atoms with Gasteiger partial charge in [-0.3, -0.25) is 15.1 Å². The van der Waals surface area contributed by atoms with Crippen LogP contribution in [0.3, 0.4) is 0 Å². The minimum Gasteiger partial charge on any atom is -0.314 e. The zero-order valence-corrected chi connectivity index (χ0v) is 10.7. The molecule has 0 aliphatic carbocycles. The lowest BCUT2D eigenvalue weighted by Gasteiger charge is -2.20. The van der Waals surface area contributed by atoms with E-state index in [9.17, 15) is 10.1 Å². The van der Waals surface area contributed by atoms with Crippen LogP contribution in [0.1, 0.15) is 37.9 Å². The number of aromatic nitrogens is 1. The van der Waals surface area contributed by atoms with Gasteiger partial charge in [-0.25, -0.2) is 0 Å². The van der Waals surface area contributed by atoms with Crippen molar-refractivity contribution in [1.29, 1.82) is 0 Å². The molecule has 0 aliphatic heterocycles. The summed E-state index contributed by atoms with van der Waals surface area (Å²) < 4.78 is 0. The third-order valence-electron chi connectivity index (χ3n) is 2.94. The van der Waals surface area contributed by atoms with E-state index >= 15 is 0 Å². The average Bonchev–Trinajstić information content (AvgIpc) is 2.28. The van der Waals surface area contributed by atoms with Gasteiger partial charge in [0.05, 0.1) is 4.92 Å². The standard InChI is InChI=1S/C12H19N3O2/c1-5-13-10(4)9(3)12-11(15(16)17)6-8(2)7-14-12/h6-7,9-10,13H,5H2,1-4H3. The van der Waals surface area contributed by atoms with Gasteiger partial charge in [0.15, 0.2) is 0 Å². The normalized spacial score (nSPS) is 14.4. The van der Waals surface area contributed by atoms with Crippen LogP contribution in [0.4, 0.5) is 5.69 Å². The summed E-state index contributed by atoms with van der Waals surface area (Å²) in [6.45, 7) is 8.63. The Bertz CT molecular complexity index is 407. The summed E-state index contributed by atoms with van der Waals surface area (Å²) >= 11 is 0. The Hall–Kier alpha value is -1.49. The second kappa shape index (κ2) is 5.72. The van der Waals surface area contributed by atoms with Crippen LogP contribution in [0.2, 0.25) is 0 Å². The van der Waals surface area contributed by atoms with Crippen LogP contribution in [-0.2, 0) is 0 Å². The number of hydrogen-bond acceptors (Lipinski definition) is 4. The maximum Gasteiger partial charge on any atom is 0.291 e. The molecule has 0 saturated carbocycles. The second-order valence-corrected chi connectivity index (χ2v) is 4.31. The lowest BCUT2D eigenvalue weighted by atomic mass is 9.97. The molecular weight excluding hydrogens is 218 g/mol. The molecule has 1 rings (SSSR count). The van der Waals surface area contributed by atoms with Crippen molar-refractivity contribution in [2.45, 2.75) is 39.7 Å². The van der Waals surface area contributed by atoms with Crippen LogP contribution in [0.15, 0.2) is 12.3 Å². The Labute approximate surface area is 101 Å². The van der Waals surface area contributed by atoms with Crippen molar-refractivity contribution >= 4 is 5.69 Å². The monoisotopic (exact) mass is 237 g/mol. The number of likely N-dealkylation sites (N-methyl/N-ethyl adjacent to an activating group) is 1. The largest absolute Gasteiger partial charge is 0.314 e. The smallest absolute Gasteiger partial charge is 0.291 e. The Morgan fingerprint density at radius 2 is 2.18 bits per heavy atom. The summed E-state index contributed by atoms with van der Waals surface area (Å²) in [4.78, 5) is 14.9. The van der Waals surface area contributed by atoms with Crippen molar-refractivity contribution in [3.05, 3.63) is 33.6 Å². The van der Waals surface area contributed by atoms with E-state index in [2.05, 4.69) is 10.3 Å². The quantitative estimate of drug-likeness (QED) is 0.630. The number of nitrogens with zero attached hydrogens (tertiary/aromatic N) is 2. The van der Waals surface area contributed by atoms with Crippen molar-refractivity contribution in [1.82, 2.24) is 10.3 Å². The Morgan fingerprint density at radius 1 is 1.53 bits per heavy atom. The maximum absolute atomic E-state index is 11.0. The molecule has 94 valence electrons. The van der Waals surface area contributed by atoms with Crippen molar-refractivity contribution in [3.63, 3.8) is 0 Å². The second-order valence-electron chi connectivity index (χ2n) is 4.31. The van der Waals surface area contributed by atoms with E-state index in [4.69, 9.17) is 0 Å². The van der Waals surface area contributed by atoms with Crippen LogP contribution >= 0.6 is 0 Å². The van der Waals surface area contributed by atoms with Gasteiger partial charge in [0.25, 0.3) is 5.69 Å². The first-order valence-electron chi connectivity index (χ1n) is 5.81. The zero-order chi connectivity index (χ0) is 13.0.